The second kappa shape index (κ2) is 70.3. The summed E-state index contributed by atoms with van der Waals surface area (Å²) < 4.78 is 10.7. The summed E-state index contributed by atoms with van der Waals surface area (Å²) in [5.41, 5.74) is 0. The average molecular weight is 1120 g/mol. The minimum Gasteiger partial charge on any atom is -0.462 e. The van der Waals surface area contributed by atoms with E-state index >= 15 is 0 Å². The molecule has 0 aliphatic rings. The Balaban J connectivity index is 3.57. The lowest BCUT2D eigenvalue weighted by Gasteiger charge is -2.15. The first kappa shape index (κ1) is 77.0. The highest BCUT2D eigenvalue weighted by Gasteiger charge is 2.16. The Morgan fingerprint density at radius 3 is 0.802 bits per heavy atom. The summed E-state index contributed by atoms with van der Waals surface area (Å²) in [4.78, 5) is 24.6. The predicted molar refractivity (Wildman–Crippen MR) is 357 cm³/mol. The quantitative estimate of drug-likeness (QED) is 0.0373. The Kier molecular flexibility index (Phi) is 66.9. The van der Waals surface area contributed by atoms with Crippen molar-refractivity contribution in [2.75, 3.05) is 13.2 Å². The van der Waals surface area contributed by atoms with Crippen molar-refractivity contribution in [2.24, 2.45) is 0 Å². The standard InChI is InChI=1S/C76H128O5/c1-3-5-7-9-11-13-15-17-19-21-23-25-27-29-31-33-34-35-36-37-38-39-40-41-42-43-45-47-49-51-53-55-57-59-61-63-65-67-69-71-76(79)81-74(72-77)73-80-75(78)70-68-66-64-62-60-58-56-54-52-50-48-46-44-32-30-28-26-24-22-20-18-16-14-12-10-8-6-4-2/h5,7,11,13,17,19,23,25,29,31,34-35,37-38,40-41,43,45,49,51,55,57,74,77H,3-4,6,8-10,12,14-16,18,20-22,24,26-28,30,32-33,36,39,42,44,46-48,50,52-54,56,58-73H2,1-2H3/b7-5-,13-11-,19-17-,25-23-,31-29-,35-34-,38-37-,41-40-,45-43-,51-49-,57-55-. The van der Waals surface area contributed by atoms with E-state index in [4.69, 9.17) is 9.47 Å². The lowest BCUT2D eigenvalue weighted by molar-refractivity contribution is -0.161. The summed E-state index contributed by atoms with van der Waals surface area (Å²) in [6.07, 6.45) is 105. The zero-order chi connectivity index (χ0) is 58.4. The number of carbonyl (C=O) groups is 2. The largest absolute Gasteiger partial charge is 0.462 e. The first-order valence-corrected chi connectivity index (χ1v) is 34.2. The van der Waals surface area contributed by atoms with Crippen LogP contribution in [0.15, 0.2) is 134 Å². The van der Waals surface area contributed by atoms with Gasteiger partial charge in [-0.1, -0.05) is 340 Å². The monoisotopic (exact) mass is 1120 g/mol. The molecule has 0 spiro atoms. The van der Waals surface area contributed by atoms with Crippen LogP contribution in [0.25, 0.3) is 0 Å². The van der Waals surface area contributed by atoms with Crippen molar-refractivity contribution in [3.63, 3.8) is 0 Å². The van der Waals surface area contributed by atoms with Crippen LogP contribution in [0.4, 0.5) is 0 Å². The van der Waals surface area contributed by atoms with Crippen molar-refractivity contribution in [1.82, 2.24) is 0 Å². The van der Waals surface area contributed by atoms with Gasteiger partial charge in [0.15, 0.2) is 6.10 Å². The molecule has 1 atom stereocenters. The van der Waals surface area contributed by atoms with Gasteiger partial charge in [-0.25, -0.2) is 0 Å². The molecule has 0 radical (unpaired) electrons. The van der Waals surface area contributed by atoms with Crippen LogP contribution in [0.1, 0.15) is 316 Å². The predicted octanol–water partition coefficient (Wildman–Crippen LogP) is 23.9. The van der Waals surface area contributed by atoms with E-state index in [9.17, 15) is 14.7 Å². The Morgan fingerprint density at radius 1 is 0.296 bits per heavy atom. The molecule has 81 heavy (non-hydrogen) atoms. The van der Waals surface area contributed by atoms with E-state index in [-0.39, 0.29) is 25.2 Å². The van der Waals surface area contributed by atoms with Gasteiger partial charge in [-0.15, -0.1) is 0 Å². The zero-order valence-electron chi connectivity index (χ0n) is 53.0. The molecule has 0 saturated carbocycles. The molecule has 0 aromatic rings. The van der Waals surface area contributed by atoms with E-state index in [1.54, 1.807) is 0 Å². The number of esters is 2. The molecule has 0 rings (SSSR count). The highest BCUT2D eigenvalue weighted by atomic mass is 16.6. The molecule has 0 amide bonds. The Hall–Kier alpha value is -3.96. The molecule has 0 aliphatic carbocycles. The number of unbranched alkanes of at least 4 members (excludes halogenated alkanes) is 32. The minimum absolute atomic E-state index is 0.0778. The molecular formula is C76H128O5. The van der Waals surface area contributed by atoms with Crippen molar-refractivity contribution in [3.05, 3.63) is 134 Å². The number of ether oxygens (including phenoxy) is 2. The van der Waals surface area contributed by atoms with Crippen molar-refractivity contribution >= 4 is 11.9 Å². The maximum absolute atomic E-state index is 12.4. The Labute approximate surface area is 502 Å². The smallest absolute Gasteiger partial charge is 0.306 e. The summed E-state index contributed by atoms with van der Waals surface area (Å²) in [5.74, 6) is -0.608. The first-order valence-electron chi connectivity index (χ1n) is 34.2. The van der Waals surface area contributed by atoms with E-state index in [1.165, 1.54) is 161 Å². The fourth-order valence-electron chi connectivity index (χ4n) is 9.62. The molecule has 0 fully saturated rings. The van der Waals surface area contributed by atoms with Crippen LogP contribution < -0.4 is 0 Å². The van der Waals surface area contributed by atoms with Gasteiger partial charge in [0.1, 0.15) is 6.61 Å². The van der Waals surface area contributed by atoms with Gasteiger partial charge in [-0.3, -0.25) is 9.59 Å². The van der Waals surface area contributed by atoms with Gasteiger partial charge < -0.3 is 14.6 Å². The zero-order valence-corrected chi connectivity index (χ0v) is 53.0. The molecule has 0 bridgehead atoms. The van der Waals surface area contributed by atoms with Gasteiger partial charge >= 0.3 is 11.9 Å². The van der Waals surface area contributed by atoms with Crippen LogP contribution in [0.5, 0.6) is 0 Å². The van der Waals surface area contributed by atoms with Crippen molar-refractivity contribution in [2.45, 2.75) is 322 Å². The summed E-state index contributed by atoms with van der Waals surface area (Å²) in [6.45, 7) is 4.04. The van der Waals surface area contributed by atoms with Crippen LogP contribution in [0.3, 0.4) is 0 Å². The molecule has 0 aliphatic heterocycles. The normalized spacial score (nSPS) is 13.1. The topological polar surface area (TPSA) is 72.8 Å². The maximum Gasteiger partial charge on any atom is 0.306 e. The Morgan fingerprint density at radius 2 is 0.531 bits per heavy atom. The van der Waals surface area contributed by atoms with Crippen LogP contribution >= 0.6 is 0 Å². The number of rotatable bonds is 62. The summed E-state index contributed by atoms with van der Waals surface area (Å²) >= 11 is 0. The van der Waals surface area contributed by atoms with Crippen molar-refractivity contribution in [1.29, 1.82) is 0 Å². The molecule has 0 aromatic carbocycles. The second-order valence-corrected chi connectivity index (χ2v) is 22.5. The third-order valence-corrected chi connectivity index (χ3v) is 14.7. The number of carbonyl (C=O) groups excluding carboxylic acids is 2. The fraction of sp³-hybridized carbons (Fsp3) is 0.684. The third-order valence-electron chi connectivity index (χ3n) is 14.7. The van der Waals surface area contributed by atoms with Crippen LogP contribution in [0, 0.1) is 0 Å². The van der Waals surface area contributed by atoms with E-state index in [1.807, 2.05) is 0 Å². The number of allylic oxidation sites excluding steroid dienone is 22. The van der Waals surface area contributed by atoms with Crippen molar-refractivity contribution in [3.8, 4) is 0 Å². The molecule has 1 unspecified atom stereocenters. The van der Waals surface area contributed by atoms with Crippen LogP contribution in [0.2, 0.25) is 0 Å². The molecule has 0 aromatic heterocycles. The maximum atomic E-state index is 12.4. The molecular weight excluding hydrogens is 993 g/mol. The first-order chi connectivity index (χ1) is 40.1. The van der Waals surface area contributed by atoms with E-state index in [0.717, 1.165) is 128 Å². The SMILES string of the molecule is CC/C=C\C/C=C\C/C=C\C/C=C\C/C=C\C/C=C\C/C=C\C/C=C\C/C=C\C/C=C\C/C=C\CCCCCCCC(=O)OC(CO)COC(=O)CCCCCCCCCCCCCCCCCCCCCCCCCCCCCC. The highest BCUT2D eigenvalue weighted by molar-refractivity contribution is 5.70. The molecule has 1 N–H and O–H groups in total. The van der Waals surface area contributed by atoms with Crippen LogP contribution in [-0.4, -0.2) is 36.4 Å². The molecule has 5 heteroatoms. The number of aliphatic hydroxyl groups excluding tert-OH is 1. The minimum atomic E-state index is -0.791. The molecule has 462 valence electrons. The molecule has 5 nitrogen and oxygen atoms in total. The number of aliphatic hydroxyl groups is 1. The van der Waals surface area contributed by atoms with E-state index in [2.05, 4.69) is 148 Å². The van der Waals surface area contributed by atoms with E-state index < -0.39 is 6.10 Å². The second-order valence-electron chi connectivity index (χ2n) is 22.5. The van der Waals surface area contributed by atoms with Crippen LogP contribution in [-0.2, 0) is 19.1 Å². The Bertz CT molecular complexity index is 1650. The summed E-state index contributed by atoms with van der Waals surface area (Å²) in [5, 5.41) is 9.69. The lowest BCUT2D eigenvalue weighted by Crippen LogP contribution is -2.28. The highest BCUT2D eigenvalue weighted by Crippen LogP contribution is 2.17. The number of hydrogen-bond donors (Lipinski definition) is 1. The molecule has 0 saturated heterocycles. The van der Waals surface area contributed by atoms with Gasteiger partial charge in [-0.2, -0.15) is 0 Å². The number of hydrogen-bond acceptors (Lipinski definition) is 5. The van der Waals surface area contributed by atoms with Gasteiger partial charge in [0, 0.05) is 12.8 Å². The van der Waals surface area contributed by atoms with Crippen molar-refractivity contribution < 1.29 is 24.2 Å². The van der Waals surface area contributed by atoms with Gasteiger partial charge in [0.25, 0.3) is 0 Å². The average Bonchev–Trinajstić information content (AvgIpc) is 3.47. The third kappa shape index (κ3) is 68.4. The molecule has 0 heterocycles. The van der Waals surface area contributed by atoms with Gasteiger partial charge in [0.05, 0.1) is 6.61 Å². The lowest BCUT2D eigenvalue weighted by atomic mass is 10.0. The summed E-state index contributed by atoms with van der Waals surface area (Å²) in [6, 6.07) is 0. The fourth-order valence-corrected chi connectivity index (χ4v) is 9.62. The van der Waals surface area contributed by atoms with E-state index in [0.29, 0.717) is 12.8 Å². The van der Waals surface area contributed by atoms with Gasteiger partial charge in [-0.05, 0) is 96.3 Å². The van der Waals surface area contributed by atoms with Gasteiger partial charge in [0.2, 0.25) is 0 Å². The summed E-state index contributed by atoms with van der Waals surface area (Å²) in [7, 11) is 0.